The average Bonchev–Trinajstić information content (AvgIpc) is 3.62. The van der Waals surface area contributed by atoms with E-state index in [9.17, 15) is 22.8 Å². The van der Waals surface area contributed by atoms with Gasteiger partial charge in [0.25, 0.3) is 11.5 Å². The first-order chi connectivity index (χ1) is 19.9. The third-order valence-corrected chi connectivity index (χ3v) is 8.21. The summed E-state index contributed by atoms with van der Waals surface area (Å²) in [6, 6.07) is 8.13. The lowest BCUT2D eigenvalue weighted by atomic mass is 9.86. The van der Waals surface area contributed by atoms with Crippen LogP contribution in [0.5, 0.6) is 0 Å². The van der Waals surface area contributed by atoms with Crippen molar-refractivity contribution in [1.82, 2.24) is 9.80 Å². The first-order valence-electron chi connectivity index (χ1n) is 13.0. The quantitative estimate of drug-likeness (QED) is 0.340. The Kier molecular flexibility index (Phi) is 7.14. The molecule has 7 rings (SSSR count). The summed E-state index contributed by atoms with van der Waals surface area (Å²) in [5, 5.41) is 4.24. The van der Waals surface area contributed by atoms with Crippen molar-refractivity contribution in [1.29, 1.82) is 0 Å². The van der Waals surface area contributed by atoms with Gasteiger partial charge in [0.2, 0.25) is 11.9 Å². The zero-order valence-corrected chi connectivity index (χ0v) is 24.3. The van der Waals surface area contributed by atoms with Gasteiger partial charge in [-0.3, -0.25) is 9.59 Å². The predicted octanol–water partition coefficient (Wildman–Crippen LogP) is 6.95. The fourth-order valence-corrected chi connectivity index (χ4v) is 5.89. The van der Waals surface area contributed by atoms with Crippen molar-refractivity contribution in [3.8, 4) is 0 Å². The summed E-state index contributed by atoms with van der Waals surface area (Å²) in [5.74, 6) is -1.02. The van der Waals surface area contributed by atoms with Crippen molar-refractivity contribution in [3.63, 3.8) is 0 Å². The van der Waals surface area contributed by atoms with Crippen LogP contribution in [0.3, 0.4) is 0 Å². The Morgan fingerprint density at radius 3 is 2.38 bits per heavy atom. The van der Waals surface area contributed by atoms with Crippen molar-refractivity contribution >= 4 is 58.3 Å². The molecule has 1 saturated heterocycles. The lowest BCUT2D eigenvalue weighted by Gasteiger charge is -2.40. The van der Waals surface area contributed by atoms with Crippen LogP contribution in [0.15, 0.2) is 69.4 Å². The molecule has 1 aliphatic carbocycles. The molecule has 1 atom stereocenters. The molecule has 5 aliphatic rings. The Hall–Kier alpha value is -3.34. The number of carbonyl (C=O) groups is 2. The highest BCUT2D eigenvalue weighted by atomic mass is 35.5. The van der Waals surface area contributed by atoms with Crippen LogP contribution in [-0.4, -0.2) is 52.6 Å². The number of hydrogen-bond acceptors (Lipinski definition) is 6. The highest BCUT2D eigenvalue weighted by molar-refractivity contribution is 6.34. The topological polar surface area (TPSA) is 74.6 Å². The van der Waals surface area contributed by atoms with E-state index in [1.807, 2.05) is 4.90 Å². The van der Waals surface area contributed by atoms with E-state index in [2.05, 4.69) is 10.1 Å². The van der Waals surface area contributed by atoms with E-state index in [1.165, 1.54) is 24.4 Å². The molecule has 13 heteroatoms. The van der Waals surface area contributed by atoms with E-state index in [0.29, 0.717) is 42.1 Å². The minimum Gasteiger partial charge on any atom is -0.374 e. The minimum absolute atomic E-state index is 0.0271. The molecule has 42 heavy (non-hydrogen) atoms. The van der Waals surface area contributed by atoms with Crippen LogP contribution in [0.1, 0.15) is 46.3 Å². The summed E-state index contributed by atoms with van der Waals surface area (Å²) in [7, 11) is 0. The molecule has 4 heterocycles. The van der Waals surface area contributed by atoms with Crippen LogP contribution in [-0.2, 0) is 15.2 Å². The number of alkyl halides is 3. The third kappa shape index (κ3) is 5.09. The molecular formula is C29H22Cl3F3N4O3. The van der Waals surface area contributed by atoms with Crippen LogP contribution < -0.4 is 0 Å². The number of aliphatic imine (C=N–C) groups is 1. The van der Waals surface area contributed by atoms with Gasteiger partial charge < -0.3 is 9.74 Å². The lowest BCUT2D eigenvalue weighted by Crippen LogP contribution is -2.56. The first-order valence-corrected chi connectivity index (χ1v) is 14.2. The zero-order chi connectivity index (χ0) is 30.0. The van der Waals surface area contributed by atoms with Crippen LogP contribution in [0.25, 0.3) is 0 Å². The Morgan fingerprint density at radius 1 is 1.07 bits per heavy atom. The number of fused-ring (bicyclic) bond motifs is 2. The third-order valence-electron chi connectivity index (χ3n) is 7.57. The molecule has 0 N–H and O–H groups in total. The number of benzene rings is 2. The van der Waals surface area contributed by atoms with E-state index in [1.54, 1.807) is 19.1 Å². The molecule has 2 amide bonds. The molecule has 0 aromatic heterocycles. The zero-order valence-electron chi connectivity index (χ0n) is 22.0. The molecule has 0 spiro atoms. The summed E-state index contributed by atoms with van der Waals surface area (Å²) in [6.07, 6.45) is -0.928. The van der Waals surface area contributed by atoms with Gasteiger partial charge in [-0.05, 0) is 72.9 Å². The van der Waals surface area contributed by atoms with Crippen molar-refractivity contribution in [2.75, 3.05) is 13.1 Å². The second-order valence-electron chi connectivity index (χ2n) is 10.7. The molecule has 1 saturated carbocycles. The lowest BCUT2D eigenvalue weighted by molar-refractivity contribution is -0.275. The highest BCUT2D eigenvalue weighted by Gasteiger charge is 2.62. The number of hydrogen-bond donors (Lipinski definition) is 0. The summed E-state index contributed by atoms with van der Waals surface area (Å²) >= 11 is 18.2. The van der Waals surface area contributed by atoms with E-state index >= 15 is 0 Å². The van der Waals surface area contributed by atoms with Gasteiger partial charge in [-0.25, -0.2) is 9.89 Å². The van der Waals surface area contributed by atoms with E-state index in [0.717, 1.165) is 22.6 Å². The fourth-order valence-electron chi connectivity index (χ4n) is 5.16. The van der Waals surface area contributed by atoms with Crippen LogP contribution in [0.4, 0.5) is 13.2 Å². The summed E-state index contributed by atoms with van der Waals surface area (Å²) in [6.45, 7) is 2.62. The molecule has 2 bridgehead atoms. The predicted molar refractivity (Wildman–Crippen MR) is 153 cm³/mol. The van der Waals surface area contributed by atoms with E-state index < -0.39 is 24.1 Å². The maximum absolute atomic E-state index is 14.4. The van der Waals surface area contributed by atoms with E-state index in [-0.39, 0.29) is 44.7 Å². The Morgan fingerprint density at radius 2 is 1.76 bits per heavy atom. The van der Waals surface area contributed by atoms with Crippen molar-refractivity contribution < 1.29 is 27.6 Å². The van der Waals surface area contributed by atoms with Gasteiger partial charge in [-0.2, -0.15) is 13.2 Å². The molecule has 7 nitrogen and oxygen atoms in total. The normalized spacial score (nSPS) is 21.6. The number of carbonyl (C=O) groups excluding carboxylic acids is 2. The maximum Gasteiger partial charge on any atom is 0.435 e. The molecule has 218 valence electrons. The smallest absolute Gasteiger partial charge is 0.374 e. The molecule has 0 radical (unpaired) electrons. The second-order valence-corrected chi connectivity index (χ2v) is 12.0. The highest BCUT2D eigenvalue weighted by Crippen LogP contribution is 2.49. The Bertz CT molecular complexity index is 1620. The van der Waals surface area contributed by atoms with Gasteiger partial charge in [0.05, 0.1) is 10.7 Å². The van der Waals surface area contributed by atoms with Crippen molar-refractivity contribution in [3.05, 3.63) is 91.6 Å². The number of imide groups is 1. The molecule has 2 aromatic rings. The van der Waals surface area contributed by atoms with Gasteiger partial charge in [0.1, 0.15) is 0 Å². The number of allylic oxidation sites excluding steroid dienone is 2. The molecule has 2 aromatic carbocycles. The number of guanidine groups is 1. The first kappa shape index (κ1) is 28.8. The molecule has 1 unspecified atom stereocenters. The monoisotopic (exact) mass is 636 g/mol. The largest absolute Gasteiger partial charge is 0.435 e. The number of oxime groups is 1. The van der Waals surface area contributed by atoms with Crippen LogP contribution in [0.2, 0.25) is 10.0 Å². The van der Waals surface area contributed by atoms with Gasteiger partial charge in [0.15, 0.2) is 0 Å². The number of halogens is 6. The number of aryl methyl sites for hydroxylation is 1. The van der Waals surface area contributed by atoms with Crippen molar-refractivity contribution in [2.24, 2.45) is 16.1 Å². The Balaban J connectivity index is 1.31. The second kappa shape index (κ2) is 10.4. The maximum atomic E-state index is 14.4. The van der Waals surface area contributed by atoms with Gasteiger partial charge in [-0.1, -0.05) is 46.0 Å². The van der Waals surface area contributed by atoms with Gasteiger partial charge >= 0.3 is 6.18 Å². The minimum atomic E-state index is -4.84. The SMILES string of the molecule is Cc1cc(C2=NOC(c3cc(Cl)cc(Cl)c3)(C(F)(F)F)C2)ccc1C(=O)N(C(=O)C1CC1)C1=NC=C(Cl)C=C2CN1C2. The molecule has 2 fully saturated rings. The number of amides is 2. The van der Waals surface area contributed by atoms with Crippen molar-refractivity contribution in [2.45, 2.75) is 38.0 Å². The van der Waals surface area contributed by atoms with Gasteiger partial charge in [0, 0.05) is 52.8 Å². The summed E-state index contributed by atoms with van der Waals surface area (Å²) in [5.41, 5.74) is -1.02. The standard InChI is InChI=1S/C29H22Cl3F3N4O3/c1-15-6-18(24-11-28(42-37-24,29(33,34)35)19-8-20(30)10-21(31)9-19)4-5-23(15)26(41)39(25(40)17-2-3-17)27-36-12-22(32)7-16-13-38(27)14-16/h4-10,12,17H,2-3,11,13-14H2,1H3. The van der Waals surface area contributed by atoms with E-state index in [4.69, 9.17) is 39.6 Å². The van der Waals surface area contributed by atoms with Gasteiger partial charge in [-0.15, -0.1) is 0 Å². The molecule has 4 aliphatic heterocycles. The summed E-state index contributed by atoms with van der Waals surface area (Å²) in [4.78, 5) is 39.7. The number of nitrogens with zero attached hydrogens (tertiary/aromatic N) is 4. The summed E-state index contributed by atoms with van der Waals surface area (Å²) < 4.78 is 43.3. The average molecular weight is 638 g/mol. The molecular weight excluding hydrogens is 616 g/mol. The van der Waals surface area contributed by atoms with Crippen LogP contribution >= 0.6 is 34.8 Å². The fraction of sp³-hybridized carbons (Fsp3) is 0.310. The number of rotatable bonds is 4. The Labute approximate surface area is 253 Å². The van der Waals surface area contributed by atoms with Crippen LogP contribution in [0, 0.1) is 12.8 Å².